The summed E-state index contributed by atoms with van der Waals surface area (Å²) in [6.45, 7) is 8.63. The lowest BCUT2D eigenvalue weighted by atomic mass is 9.49. The van der Waals surface area contributed by atoms with Crippen LogP contribution < -0.4 is 21.5 Å². The molecule has 1 aliphatic heterocycles. The van der Waals surface area contributed by atoms with E-state index in [1.165, 1.54) is 0 Å². The molecular weight excluding hydrogens is 416 g/mol. The van der Waals surface area contributed by atoms with Crippen LogP contribution in [0.3, 0.4) is 0 Å². The summed E-state index contributed by atoms with van der Waals surface area (Å²) in [5, 5.41) is 3.99. The van der Waals surface area contributed by atoms with Crippen LogP contribution in [0.1, 0.15) is 33.1 Å². The van der Waals surface area contributed by atoms with E-state index in [1.807, 2.05) is 16.8 Å². The highest BCUT2D eigenvalue weighted by atomic mass is 16.1. The van der Waals surface area contributed by atoms with Gasteiger partial charge in [-0.05, 0) is 57.2 Å². The van der Waals surface area contributed by atoms with Crippen molar-refractivity contribution in [1.82, 2.24) is 24.4 Å². The Kier molecular flexibility index (Phi) is 4.58. The Labute approximate surface area is 192 Å². The topological polar surface area (TPSA) is 105 Å². The van der Waals surface area contributed by atoms with Crippen molar-refractivity contribution in [2.75, 3.05) is 42.1 Å². The molecule has 3 N–H and O–H groups in total. The molecule has 4 heterocycles. The zero-order valence-electron chi connectivity index (χ0n) is 19.2. The molecule has 2 bridgehead atoms. The number of piperazine rings is 1. The van der Waals surface area contributed by atoms with Gasteiger partial charge < -0.3 is 16.0 Å². The Hall–Kier alpha value is -3.20. The summed E-state index contributed by atoms with van der Waals surface area (Å²) in [6, 6.07) is 6.30. The first kappa shape index (κ1) is 20.4. The normalized spacial score (nSPS) is 24.6. The number of nitrogens with one attached hydrogen (secondary N) is 1. The fraction of sp³-hybridized carbons (Fsp3) is 0.500. The first-order chi connectivity index (χ1) is 15.9. The number of nitrogen functional groups attached to an aromatic ring is 1. The summed E-state index contributed by atoms with van der Waals surface area (Å²) >= 11 is 0. The van der Waals surface area contributed by atoms with E-state index in [4.69, 9.17) is 10.7 Å². The summed E-state index contributed by atoms with van der Waals surface area (Å²) in [5.74, 6) is 1.84. The van der Waals surface area contributed by atoms with Crippen LogP contribution in [0.4, 0.5) is 23.1 Å². The number of aromatic nitrogens is 4. The first-order valence-corrected chi connectivity index (χ1v) is 11.8. The molecule has 0 radical (unpaired) electrons. The highest BCUT2D eigenvalue weighted by molar-refractivity contribution is 5.79. The van der Waals surface area contributed by atoms with E-state index in [9.17, 15) is 4.79 Å². The van der Waals surface area contributed by atoms with Crippen molar-refractivity contribution < 1.29 is 0 Å². The minimum atomic E-state index is -0.148. The lowest BCUT2D eigenvalue weighted by Gasteiger charge is -2.62. The molecule has 4 fully saturated rings. The first-order valence-electron chi connectivity index (χ1n) is 11.8. The van der Waals surface area contributed by atoms with Crippen molar-refractivity contribution in [3.05, 3.63) is 40.9 Å². The Morgan fingerprint density at radius 3 is 2.45 bits per heavy atom. The number of nitrogens with zero attached hydrogens (tertiary/aromatic N) is 6. The molecule has 0 amide bonds. The van der Waals surface area contributed by atoms with E-state index in [1.54, 1.807) is 12.3 Å². The third-order valence-corrected chi connectivity index (χ3v) is 7.65. The third kappa shape index (κ3) is 3.33. The van der Waals surface area contributed by atoms with E-state index in [0.29, 0.717) is 23.5 Å². The maximum atomic E-state index is 12.9. The number of rotatable bonds is 5. The van der Waals surface area contributed by atoms with Gasteiger partial charge in [-0.2, -0.15) is 4.98 Å². The third-order valence-electron chi connectivity index (χ3n) is 7.65. The summed E-state index contributed by atoms with van der Waals surface area (Å²) in [5.41, 5.74) is 7.78. The van der Waals surface area contributed by atoms with Crippen molar-refractivity contribution in [3.8, 4) is 0 Å². The van der Waals surface area contributed by atoms with Gasteiger partial charge in [-0.1, -0.05) is 0 Å². The largest absolute Gasteiger partial charge is 0.394 e. The second-order valence-corrected chi connectivity index (χ2v) is 10.1. The van der Waals surface area contributed by atoms with Crippen molar-refractivity contribution >= 4 is 34.2 Å². The highest BCUT2D eigenvalue weighted by Gasteiger charge is 2.59. The number of pyridine rings is 2. The summed E-state index contributed by atoms with van der Waals surface area (Å²) in [4.78, 5) is 31.5. The molecule has 3 aromatic heterocycles. The van der Waals surface area contributed by atoms with Crippen LogP contribution in [-0.2, 0) is 5.54 Å². The van der Waals surface area contributed by atoms with Gasteiger partial charge in [-0.25, -0.2) is 9.97 Å². The van der Waals surface area contributed by atoms with Crippen LogP contribution in [0.5, 0.6) is 0 Å². The van der Waals surface area contributed by atoms with E-state index in [2.05, 4.69) is 45.0 Å². The zero-order valence-corrected chi connectivity index (χ0v) is 19.2. The maximum Gasteiger partial charge on any atom is 0.275 e. The minimum Gasteiger partial charge on any atom is -0.394 e. The molecular formula is C24H30N8O. The average Bonchev–Trinajstić information content (AvgIpc) is 2.76. The van der Waals surface area contributed by atoms with Gasteiger partial charge in [-0.15, -0.1) is 0 Å². The molecule has 0 spiro atoms. The Balaban J connectivity index is 1.23. The smallest absolute Gasteiger partial charge is 0.275 e. The van der Waals surface area contributed by atoms with E-state index < -0.39 is 0 Å². The van der Waals surface area contributed by atoms with Gasteiger partial charge in [0.1, 0.15) is 11.5 Å². The predicted octanol–water partition coefficient (Wildman–Crippen LogP) is 2.55. The number of nitrogens with two attached hydrogens (primary N) is 1. The number of anilines is 4. The van der Waals surface area contributed by atoms with Crippen molar-refractivity contribution in [3.63, 3.8) is 0 Å². The molecule has 172 valence electrons. The molecule has 3 saturated carbocycles. The van der Waals surface area contributed by atoms with Gasteiger partial charge in [0.25, 0.3) is 5.56 Å². The van der Waals surface area contributed by atoms with Crippen molar-refractivity contribution in [2.45, 2.75) is 44.7 Å². The number of hydrogen-bond donors (Lipinski definition) is 2. The molecule has 33 heavy (non-hydrogen) atoms. The molecule has 7 rings (SSSR count). The molecule has 0 atom stereocenters. The van der Waals surface area contributed by atoms with Crippen LogP contribution in [0.2, 0.25) is 0 Å². The van der Waals surface area contributed by atoms with Crippen LogP contribution in [0.25, 0.3) is 11.0 Å². The number of fused-ring (bicyclic) bond motifs is 1. The van der Waals surface area contributed by atoms with E-state index in [0.717, 1.165) is 62.4 Å². The molecule has 3 aromatic rings. The SMILES string of the molecule is CC(C)N1CCN(c2ccc(Nc3ncc4cc(N)c(=O)n(C56CC(C5)C6)c4n3)nc2)CC1. The average molecular weight is 447 g/mol. The van der Waals surface area contributed by atoms with E-state index >= 15 is 0 Å². The quantitative estimate of drug-likeness (QED) is 0.616. The molecule has 1 saturated heterocycles. The standard InChI is InChI=1S/C24H30N8O/c1-15(2)30-5-7-31(8-6-30)18-3-4-20(26-14-18)28-23-27-13-17-9-19(25)22(33)32(21(17)29-23)24-10-16(11-24)12-24/h3-4,9,13-16H,5-8,10-12,25H2,1-2H3,(H,26,27,28,29). The highest BCUT2D eigenvalue weighted by Crippen LogP contribution is 2.62. The second kappa shape index (κ2) is 7.41. The Morgan fingerprint density at radius 2 is 1.85 bits per heavy atom. The Bertz CT molecular complexity index is 1240. The van der Waals surface area contributed by atoms with Gasteiger partial charge >= 0.3 is 0 Å². The molecule has 4 aliphatic rings. The minimum absolute atomic E-state index is 0.111. The van der Waals surface area contributed by atoms with Crippen LogP contribution in [-0.4, -0.2) is 56.6 Å². The Morgan fingerprint density at radius 1 is 1.09 bits per heavy atom. The molecule has 9 heteroatoms. The van der Waals surface area contributed by atoms with Gasteiger partial charge in [0, 0.05) is 43.8 Å². The predicted molar refractivity (Wildman–Crippen MR) is 130 cm³/mol. The fourth-order valence-corrected chi connectivity index (χ4v) is 5.58. The van der Waals surface area contributed by atoms with Gasteiger partial charge in [0.05, 0.1) is 23.1 Å². The van der Waals surface area contributed by atoms with Crippen LogP contribution in [0, 0.1) is 5.92 Å². The lowest BCUT2D eigenvalue weighted by Crippen LogP contribution is -2.62. The fourth-order valence-electron chi connectivity index (χ4n) is 5.58. The zero-order chi connectivity index (χ0) is 22.7. The van der Waals surface area contributed by atoms with Gasteiger partial charge in [0.15, 0.2) is 0 Å². The second-order valence-electron chi connectivity index (χ2n) is 10.1. The lowest BCUT2D eigenvalue weighted by molar-refractivity contribution is -0.0882. The van der Waals surface area contributed by atoms with Crippen LogP contribution >= 0.6 is 0 Å². The van der Waals surface area contributed by atoms with Gasteiger partial charge in [-0.3, -0.25) is 14.3 Å². The summed E-state index contributed by atoms with van der Waals surface area (Å²) in [6.07, 6.45) is 6.73. The van der Waals surface area contributed by atoms with Gasteiger partial charge in [0.2, 0.25) is 5.95 Å². The van der Waals surface area contributed by atoms with Crippen molar-refractivity contribution in [1.29, 1.82) is 0 Å². The van der Waals surface area contributed by atoms with E-state index in [-0.39, 0.29) is 16.8 Å². The monoisotopic (exact) mass is 446 g/mol. The molecule has 0 unspecified atom stereocenters. The molecule has 0 aromatic carbocycles. The summed E-state index contributed by atoms with van der Waals surface area (Å²) < 4.78 is 1.82. The summed E-state index contributed by atoms with van der Waals surface area (Å²) in [7, 11) is 0. The number of hydrogen-bond acceptors (Lipinski definition) is 8. The molecule has 9 nitrogen and oxygen atoms in total. The molecule has 3 aliphatic carbocycles. The maximum absolute atomic E-state index is 12.9. The van der Waals surface area contributed by atoms with Crippen molar-refractivity contribution in [2.24, 2.45) is 5.92 Å². The van der Waals surface area contributed by atoms with Crippen LogP contribution in [0.15, 0.2) is 35.4 Å².